The van der Waals surface area contributed by atoms with E-state index in [0.717, 1.165) is 21.0 Å². The number of epoxide rings is 1. The van der Waals surface area contributed by atoms with Gasteiger partial charge in [0.05, 0.1) is 6.61 Å². The van der Waals surface area contributed by atoms with E-state index in [-0.39, 0.29) is 6.10 Å². The molecule has 1 saturated heterocycles. The smallest absolute Gasteiger partial charge is 0.368 e. The molecule has 0 radical (unpaired) electrons. The van der Waals surface area contributed by atoms with Crippen LogP contribution in [0.4, 0.5) is 0 Å². The summed E-state index contributed by atoms with van der Waals surface area (Å²) in [6.45, 7) is 0.713. The van der Waals surface area contributed by atoms with Gasteiger partial charge in [-0.1, -0.05) is 30.3 Å². The molecule has 1 atom stereocenters. The van der Waals surface area contributed by atoms with Crippen molar-refractivity contribution in [2.45, 2.75) is 6.10 Å². The third kappa shape index (κ3) is 2.10. The van der Waals surface area contributed by atoms with Crippen LogP contribution in [0.2, 0.25) is 0 Å². The fourth-order valence-electron chi connectivity index (χ4n) is 2.22. The van der Waals surface area contributed by atoms with E-state index in [1.165, 1.54) is 0 Å². The van der Waals surface area contributed by atoms with Gasteiger partial charge >= 0.3 is 9.57 Å². The lowest BCUT2D eigenvalue weighted by Crippen LogP contribution is -2.37. The van der Waals surface area contributed by atoms with Crippen LogP contribution in [-0.4, -0.2) is 26.8 Å². The van der Waals surface area contributed by atoms with Gasteiger partial charge in [-0.2, -0.15) is 0 Å². The summed E-state index contributed by atoms with van der Waals surface area (Å²) in [5, 5.41) is 1.79. The average Bonchev–Trinajstić information content (AvgIpc) is 3.29. The molecule has 5 nitrogen and oxygen atoms in total. The van der Waals surface area contributed by atoms with Crippen LogP contribution in [-0.2, 0) is 9.20 Å². The second-order valence-electron chi connectivity index (χ2n) is 4.39. The second kappa shape index (κ2) is 4.65. The SMILES string of the molecule is NN([SiH]=O)C(=O)c1cccc2c(C3CO3)cccc12. The molecule has 2 N–H and O–H groups in total. The standard InChI is InChI=1S/C13H12N2O3Si/c14-15(19-17)13(16)11-6-2-3-8-9(11)4-1-5-10(8)12-7-18-12/h1-6,12,19H,7,14H2. The number of carbonyl (C=O) groups is 1. The van der Waals surface area contributed by atoms with E-state index in [4.69, 9.17) is 10.6 Å². The Labute approximate surface area is 111 Å². The molecule has 6 heteroatoms. The van der Waals surface area contributed by atoms with E-state index in [1.807, 2.05) is 24.3 Å². The number of nitrogens with zero attached hydrogens (tertiary/aromatic N) is 1. The summed E-state index contributed by atoms with van der Waals surface area (Å²) in [5.74, 6) is 5.01. The van der Waals surface area contributed by atoms with Crippen molar-refractivity contribution in [1.29, 1.82) is 0 Å². The predicted molar refractivity (Wildman–Crippen MR) is 70.8 cm³/mol. The Balaban J connectivity index is 2.18. The van der Waals surface area contributed by atoms with Gasteiger partial charge in [-0.3, -0.25) is 9.47 Å². The summed E-state index contributed by atoms with van der Waals surface area (Å²) >= 11 is 0. The lowest BCUT2D eigenvalue weighted by atomic mass is 9.98. The molecule has 0 aliphatic carbocycles. The van der Waals surface area contributed by atoms with E-state index in [0.29, 0.717) is 12.2 Å². The maximum atomic E-state index is 12.1. The third-order valence-electron chi connectivity index (χ3n) is 3.21. The molecule has 0 spiro atoms. The molecule has 1 fully saturated rings. The van der Waals surface area contributed by atoms with Crippen LogP contribution in [0.1, 0.15) is 22.0 Å². The Morgan fingerprint density at radius 3 is 2.63 bits per heavy atom. The maximum absolute atomic E-state index is 12.1. The van der Waals surface area contributed by atoms with Crippen LogP contribution < -0.4 is 5.84 Å². The molecule has 0 saturated carbocycles. The Kier molecular flexibility index (Phi) is 2.98. The van der Waals surface area contributed by atoms with Crippen molar-refractivity contribution in [3.8, 4) is 0 Å². The molecule has 2 aromatic rings. The highest BCUT2D eigenvalue weighted by molar-refractivity contribution is 6.24. The van der Waals surface area contributed by atoms with Crippen molar-refractivity contribution in [3.63, 3.8) is 0 Å². The van der Waals surface area contributed by atoms with Crippen molar-refractivity contribution in [2.24, 2.45) is 5.84 Å². The normalized spacial score (nSPS) is 17.2. The summed E-state index contributed by atoms with van der Waals surface area (Å²) in [6, 6.07) is 11.2. The van der Waals surface area contributed by atoms with Gasteiger partial charge in [0.15, 0.2) is 0 Å². The number of rotatable bonds is 3. The quantitative estimate of drug-likeness (QED) is 0.296. The second-order valence-corrected chi connectivity index (χ2v) is 5.15. The number of hydrazine groups is 1. The number of nitrogens with two attached hydrogens (primary N) is 1. The van der Waals surface area contributed by atoms with Crippen molar-refractivity contribution in [2.75, 3.05) is 6.61 Å². The van der Waals surface area contributed by atoms with Gasteiger partial charge in [0.2, 0.25) is 0 Å². The molecule has 0 aromatic heterocycles. The van der Waals surface area contributed by atoms with Gasteiger partial charge in [0, 0.05) is 5.56 Å². The molecule has 1 heterocycles. The van der Waals surface area contributed by atoms with E-state index in [2.05, 4.69) is 0 Å². The summed E-state index contributed by atoms with van der Waals surface area (Å²) in [5.41, 5.74) is 1.54. The molecular formula is C13H12N2O3Si. The number of amides is 1. The van der Waals surface area contributed by atoms with Crippen LogP contribution in [0.3, 0.4) is 0 Å². The monoisotopic (exact) mass is 272 g/mol. The molecule has 96 valence electrons. The van der Waals surface area contributed by atoms with E-state index in [9.17, 15) is 9.26 Å². The summed E-state index contributed by atoms with van der Waals surface area (Å²) in [7, 11) is -1.47. The molecule has 1 aliphatic heterocycles. The summed E-state index contributed by atoms with van der Waals surface area (Å²) in [4.78, 5) is 12.1. The minimum absolute atomic E-state index is 0.119. The van der Waals surface area contributed by atoms with Gasteiger partial charge in [-0.25, -0.2) is 5.84 Å². The lowest BCUT2D eigenvalue weighted by molar-refractivity contribution is 0.0857. The highest BCUT2D eigenvalue weighted by atomic mass is 28.2. The van der Waals surface area contributed by atoms with Gasteiger partial charge in [-0.05, 0) is 22.4 Å². The van der Waals surface area contributed by atoms with Gasteiger partial charge in [0.1, 0.15) is 6.10 Å². The number of benzene rings is 2. The van der Waals surface area contributed by atoms with Crippen LogP contribution in [0.25, 0.3) is 10.8 Å². The first-order valence-corrected chi connectivity index (χ1v) is 6.88. The van der Waals surface area contributed by atoms with Crippen molar-refractivity contribution < 1.29 is 14.0 Å². The highest BCUT2D eigenvalue weighted by Crippen LogP contribution is 2.35. The topological polar surface area (TPSA) is 75.9 Å². The Bertz CT molecular complexity index is 670. The minimum atomic E-state index is -1.47. The molecule has 19 heavy (non-hydrogen) atoms. The first-order valence-electron chi connectivity index (χ1n) is 5.89. The third-order valence-corrected chi connectivity index (χ3v) is 3.68. The van der Waals surface area contributed by atoms with Crippen LogP contribution in [0.5, 0.6) is 0 Å². The maximum Gasteiger partial charge on any atom is 0.401 e. The fourth-order valence-corrected chi connectivity index (χ4v) is 2.45. The van der Waals surface area contributed by atoms with E-state index >= 15 is 0 Å². The van der Waals surface area contributed by atoms with Crippen LogP contribution in [0.15, 0.2) is 36.4 Å². The highest BCUT2D eigenvalue weighted by Gasteiger charge is 2.27. The number of fused-ring (bicyclic) bond motifs is 1. The molecule has 1 unspecified atom stereocenters. The predicted octanol–water partition coefficient (Wildman–Crippen LogP) is 0.924. The zero-order valence-electron chi connectivity index (χ0n) is 10.1. The number of carbonyl (C=O) groups excluding carboxylic acids is 1. The Hall–Kier alpha value is -1.89. The fraction of sp³-hybridized carbons (Fsp3) is 0.154. The number of ether oxygens (including phenoxy) is 1. The van der Waals surface area contributed by atoms with Crippen LogP contribution >= 0.6 is 0 Å². The zero-order chi connectivity index (χ0) is 13.4. The molecule has 2 aromatic carbocycles. The summed E-state index contributed by atoms with van der Waals surface area (Å²) in [6.07, 6.45) is 0.119. The number of hydrogen-bond acceptors (Lipinski definition) is 4. The average molecular weight is 272 g/mol. The first kappa shape index (κ1) is 12.2. The molecule has 0 bridgehead atoms. The van der Waals surface area contributed by atoms with Crippen molar-refractivity contribution in [1.82, 2.24) is 4.67 Å². The van der Waals surface area contributed by atoms with Gasteiger partial charge in [0.25, 0.3) is 5.91 Å². The first-order chi connectivity index (χ1) is 9.22. The molecule has 1 aliphatic rings. The van der Waals surface area contributed by atoms with Gasteiger partial charge < -0.3 is 9.20 Å². The van der Waals surface area contributed by atoms with Crippen LogP contribution in [0, 0.1) is 0 Å². The Morgan fingerprint density at radius 2 is 1.95 bits per heavy atom. The van der Waals surface area contributed by atoms with Gasteiger partial charge in [-0.15, -0.1) is 0 Å². The van der Waals surface area contributed by atoms with Crippen molar-refractivity contribution in [3.05, 3.63) is 47.5 Å². The molecule has 1 amide bonds. The zero-order valence-corrected chi connectivity index (χ0v) is 11.2. The van der Waals surface area contributed by atoms with Crippen molar-refractivity contribution >= 4 is 26.2 Å². The lowest BCUT2D eigenvalue weighted by Gasteiger charge is -2.12. The van der Waals surface area contributed by atoms with E-state index in [1.54, 1.807) is 12.1 Å². The summed E-state index contributed by atoms with van der Waals surface area (Å²) < 4.78 is 16.9. The number of hydrogen-bond donors (Lipinski definition) is 1. The molecular weight excluding hydrogens is 260 g/mol. The minimum Gasteiger partial charge on any atom is -0.368 e. The largest absolute Gasteiger partial charge is 0.401 e. The molecule has 3 rings (SSSR count). The Morgan fingerprint density at radius 1 is 1.26 bits per heavy atom. The van der Waals surface area contributed by atoms with E-state index < -0.39 is 15.5 Å².